The van der Waals surface area contributed by atoms with E-state index in [4.69, 9.17) is 16.3 Å². The smallest absolute Gasteiger partial charge is 0.249 e. The van der Waals surface area contributed by atoms with Crippen LogP contribution in [-0.4, -0.2) is 30.5 Å². The van der Waals surface area contributed by atoms with Crippen molar-refractivity contribution in [3.8, 4) is 0 Å². The zero-order valence-corrected chi connectivity index (χ0v) is 10.1. The van der Waals surface area contributed by atoms with Crippen molar-refractivity contribution in [1.29, 1.82) is 0 Å². The van der Waals surface area contributed by atoms with Gasteiger partial charge < -0.3 is 10.1 Å². The first-order valence-corrected chi connectivity index (χ1v) is 6.17. The van der Waals surface area contributed by atoms with E-state index in [2.05, 4.69) is 5.32 Å². The normalized spacial score (nSPS) is 23.5. The van der Waals surface area contributed by atoms with Crippen molar-refractivity contribution in [1.82, 2.24) is 5.32 Å². The molecule has 2 atom stereocenters. The molecule has 1 rings (SSSR count). The summed E-state index contributed by atoms with van der Waals surface area (Å²) in [6, 6.07) is 0. The summed E-state index contributed by atoms with van der Waals surface area (Å²) in [5, 5.41) is 3.07. The monoisotopic (exact) mass is 233 g/mol. The fraction of sp³-hybridized carbons (Fsp3) is 0.909. The molecule has 0 radical (unpaired) electrons. The predicted octanol–water partition coefficient (Wildman–Crippen LogP) is 2.08. The molecule has 0 aliphatic carbocycles. The maximum absolute atomic E-state index is 11.6. The van der Waals surface area contributed by atoms with Crippen LogP contribution in [0.1, 0.15) is 39.0 Å². The minimum Gasteiger partial charge on any atom is -0.368 e. The molecule has 1 saturated heterocycles. The zero-order chi connectivity index (χ0) is 11.1. The minimum absolute atomic E-state index is 0.0388. The molecule has 1 aliphatic heterocycles. The van der Waals surface area contributed by atoms with Gasteiger partial charge in [-0.3, -0.25) is 4.79 Å². The van der Waals surface area contributed by atoms with Crippen LogP contribution in [0.25, 0.3) is 0 Å². The lowest BCUT2D eigenvalue weighted by atomic mass is 10.1. The van der Waals surface area contributed by atoms with Gasteiger partial charge in [0.25, 0.3) is 0 Å². The number of hydrogen-bond donors (Lipinski definition) is 1. The van der Waals surface area contributed by atoms with E-state index >= 15 is 0 Å². The van der Waals surface area contributed by atoms with Crippen molar-refractivity contribution >= 4 is 17.5 Å². The second-order valence-electron chi connectivity index (χ2n) is 4.07. The van der Waals surface area contributed by atoms with Crippen LogP contribution in [0.5, 0.6) is 0 Å². The molecular formula is C11H20ClNO2. The molecule has 3 nitrogen and oxygen atoms in total. The van der Waals surface area contributed by atoms with E-state index in [0.717, 1.165) is 38.7 Å². The fourth-order valence-corrected chi connectivity index (χ4v) is 1.81. The van der Waals surface area contributed by atoms with Gasteiger partial charge in [0.15, 0.2) is 0 Å². The number of nitrogens with one attached hydrogen (secondary N) is 1. The zero-order valence-electron chi connectivity index (χ0n) is 9.30. The Balaban J connectivity index is 2.07. The summed E-state index contributed by atoms with van der Waals surface area (Å²) in [7, 11) is 0. The van der Waals surface area contributed by atoms with Gasteiger partial charge in [-0.15, -0.1) is 11.6 Å². The van der Waals surface area contributed by atoms with Crippen molar-refractivity contribution in [2.24, 2.45) is 0 Å². The molecule has 15 heavy (non-hydrogen) atoms. The second kappa shape index (κ2) is 7.07. The van der Waals surface area contributed by atoms with Crippen molar-refractivity contribution in [3.63, 3.8) is 0 Å². The first-order valence-electron chi connectivity index (χ1n) is 5.73. The summed E-state index contributed by atoms with van der Waals surface area (Å²) >= 11 is 5.80. The van der Waals surface area contributed by atoms with Gasteiger partial charge >= 0.3 is 0 Å². The number of carbonyl (C=O) groups is 1. The maximum Gasteiger partial charge on any atom is 0.249 e. The van der Waals surface area contributed by atoms with Gasteiger partial charge in [-0.1, -0.05) is 0 Å². The van der Waals surface area contributed by atoms with E-state index in [1.165, 1.54) is 0 Å². The summed E-state index contributed by atoms with van der Waals surface area (Å²) < 4.78 is 5.38. The molecule has 4 heteroatoms. The Hall–Kier alpha value is -0.280. The first kappa shape index (κ1) is 12.8. The SMILES string of the molecule is CC(Cl)CCCNC(=O)C1CCCCO1. The number of ether oxygens (including phenoxy) is 1. The Bertz CT molecular complexity index is 191. The quantitative estimate of drug-likeness (QED) is 0.583. The average molecular weight is 234 g/mol. The van der Waals surface area contributed by atoms with E-state index in [9.17, 15) is 4.79 Å². The third-order valence-electron chi connectivity index (χ3n) is 2.55. The summed E-state index contributed by atoms with van der Waals surface area (Å²) in [5.74, 6) is 0.0388. The molecule has 1 heterocycles. The van der Waals surface area contributed by atoms with Crippen LogP contribution in [0, 0.1) is 0 Å². The van der Waals surface area contributed by atoms with Gasteiger partial charge in [0.2, 0.25) is 5.91 Å². The Morgan fingerprint density at radius 1 is 1.60 bits per heavy atom. The van der Waals surface area contributed by atoms with E-state index in [-0.39, 0.29) is 17.4 Å². The van der Waals surface area contributed by atoms with Gasteiger partial charge in [0.05, 0.1) is 0 Å². The molecule has 0 saturated carbocycles. The molecule has 0 bridgehead atoms. The highest BCUT2D eigenvalue weighted by Gasteiger charge is 2.21. The Morgan fingerprint density at radius 3 is 3.00 bits per heavy atom. The predicted molar refractivity (Wildman–Crippen MR) is 61.1 cm³/mol. The number of amides is 1. The van der Waals surface area contributed by atoms with Crippen LogP contribution in [0.3, 0.4) is 0 Å². The molecule has 1 aliphatic rings. The van der Waals surface area contributed by atoms with E-state index in [1.807, 2.05) is 6.92 Å². The molecule has 88 valence electrons. The lowest BCUT2D eigenvalue weighted by molar-refractivity contribution is -0.135. The van der Waals surface area contributed by atoms with Crippen LogP contribution in [-0.2, 0) is 9.53 Å². The summed E-state index contributed by atoms with van der Waals surface area (Å²) in [6.07, 6.45) is 4.69. The molecule has 0 spiro atoms. The molecule has 1 fully saturated rings. The molecule has 1 amide bonds. The molecule has 2 unspecified atom stereocenters. The second-order valence-corrected chi connectivity index (χ2v) is 4.81. The number of halogens is 1. The summed E-state index contributed by atoms with van der Waals surface area (Å²) in [6.45, 7) is 3.39. The maximum atomic E-state index is 11.6. The Labute approximate surface area is 96.5 Å². The van der Waals surface area contributed by atoms with Crippen molar-refractivity contribution in [2.45, 2.75) is 50.5 Å². The highest BCUT2D eigenvalue weighted by atomic mass is 35.5. The van der Waals surface area contributed by atoms with E-state index < -0.39 is 0 Å². The molecule has 0 aromatic heterocycles. The van der Waals surface area contributed by atoms with Gasteiger partial charge in [0, 0.05) is 18.5 Å². The fourth-order valence-electron chi connectivity index (χ4n) is 1.66. The molecule has 0 aromatic carbocycles. The Morgan fingerprint density at radius 2 is 2.40 bits per heavy atom. The van der Waals surface area contributed by atoms with Crippen LogP contribution in [0.15, 0.2) is 0 Å². The summed E-state index contributed by atoms with van der Waals surface area (Å²) in [4.78, 5) is 11.6. The molecule has 1 N–H and O–H groups in total. The largest absolute Gasteiger partial charge is 0.368 e. The average Bonchev–Trinajstić information content (AvgIpc) is 2.25. The van der Waals surface area contributed by atoms with Crippen LogP contribution < -0.4 is 5.32 Å². The minimum atomic E-state index is -0.216. The van der Waals surface area contributed by atoms with Crippen LogP contribution in [0.4, 0.5) is 0 Å². The highest BCUT2D eigenvalue weighted by molar-refractivity contribution is 6.20. The number of carbonyl (C=O) groups excluding carboxylic acids is 1. The third-order valence-corrected chi connectivity index (χ3v) is 2.77. The highest BCUT2D eigenvalue weighted by Crippen LogP contribution is 2.12. The Kier molecular flexibility index (Phi) is 6.03. The first-order chi connectivity index (χ1) is 7.20. The van der Waals surface area contributed by atoms with Crippen molar-refractivity contribution in [3.05, 3.63) is 0 Å². The number of hydrogen-bond acceptors (Lipinski definition) is 2. The van der Waals surface area contributed by atoms with Gasteiger partial charge in [0.1, 0.15) is 6.10 Å². The van der Waals surface area contributed by atoms with Gasteiger partial charge in [-0.2, -0.15) is 0 Å². The van der Waals surface area contributed by atoms with Crippen molar-refractivity contribution < 1.29 is 9.53 Å². The van der Waals surface area contributed by atoms with Crippen molar-refractivity contribution in [2.75, 3.05) is 13.2 Å². The van der Waals surface area contributed by atoms with Crippen LogP contribution >= 0.6 is 11.6 Å². The molecule has 0 aromatic rings. The lowest BCUT2D eigenvalue weighted by Gasteiger charge is -2.21. The topological polar surface area (TPSA) is 38.3 Å². The summed E-state index contributed by atoms with van der Waals surface area (Å²) in [5.41, 5.74) is 0. The number of alkyl halides is 1. The van der Waals surface area contributed by atoms with Crippen LogP contribution in [0.2, 0.25) is 0 Å². The lowest BCUT2D eigenvalue weighted by Crippen LogP contribution is -2.38. The van der Waals surface area contributed by atoms with E-state index in [0.29, 0.717) is 6.54 Å². The standard InChI is InChI=1S/C11H20ClNO2/c1-9(12)5-4-7-13-11(14)10-6-2-3-8-15-10/h9-10H,2-8H2,1H3,(H,13,14). The van der Waals surface area contributed by atoms with E-state index in [1.54, 1.807) is 0 Å². The van der Waals surface area contributed by atoms with Gasteiger partial charge in [-0.25, -0.2) is 0 Å². The van der Waals surface area contributed by atoms with Gasteiger partial charge in [-0.05, 0) is 39.0 Å². The molecular weight excluding hydrogens is 214 g/mol. The number of rotatable bonds is 5. The third kappa shape index (κ3) is 5.38.